The summed E-state index contributed by atoms with van der Waals surface area (Å²) in [7, 11) is 3.24. The number of hydrogen-bond acceptors (Lipinski definition) is 5. The Bertz CT molecular complexity index is 981. The predicted molar refractivity (Wildman–Crippen MR) is 103 cm³/mol. The number of para-hydroxylation sites is 1. The second kappa shape index (κ2) is 7.62. The van der Waals surface area contributed by atoms with Crippen LogP contribution in [-0.4, -0.2) is 35.3 Å². The van der Waals surface area contributed by atoms with E-state index >= 15 is 0 Å². The molecule has 1 N–H and O–H groups in total. The molecule has 1 heterocycles. The molecule has 0 aliphatic heterocycles. The fourth-order valence-corrected chi connectivity index (χ4v) is 3.03. The minimum Gasteiger partial charge on any atom is -0.496 e. The molecule has 0 fully saturated rings. The number of nitrogens with one attached hydrogen (secondary N) is 1. The van der Waals surface area contributed by atoms with Gasteiger partial charge in [-0.1, -0.05) is 12.1 Å². The third kappa shape index (κ3) is 3.64. The maximum Gasteiger partial charge on any atom is 0.216 e. The van der Waals surface area contributed by atoms with Gasteiger partial charge in [-0.15, -0.1) is 0 Å². The number of hydrogen-bond donors (Lipinski definition) is 1. The van der Waals surface area contributed by atoms with Crippen molar-refractivity contribution < 1.29 is 9.47 Å². The average Bonchev–Trinajstić information content (AvgIpc) is 3.00. The Morgan fingerprint density at radius 2 is 1.92 bits per heavy atom. The Labute approximate surface area is 158 Å². The first kappa shape index (κ1) is 17.4. The Morgan fingerprint density at radius 1 is 1.16 bits per heavy atom. The van der Waals surface area contributed by atoms with E-state index in [-0.39, 0.29) is 0 Å². The van der Waals surface area contributed by atoms with Gasteiger partial charge in [-0.05, 0) is 64.0 Å². The van der Waals surface area contributed by atoms with Crippen molar-refractivity contribution >= 4 is 34.4 Å². The Kier molecular flexibility index (Phi) is 5.30. The summed E-state index contributed by atoms with van der Waals surface area (Å²) < 4.78 is 13.4. The Hall–Kier alpha value is -2.45. The Morgan fingerprint density at radius 3 is 2.64 bits per heavy atom. The first-order chi connectivity index (χ1) is 12.1. The minimum absolute atomic E-state index is 0.393. The van der Waals surface area contributed by atoms with Crippen LogP contribution in [0.1, 0.15) is 5.56 Å². The SMILES string of the molecule is COc1ccc(/C=N\n2c(-c3ccccc3OC)n[nH]c2=S)cc1Br. The minimum atomic E-state index is 0.393. The summed E-state index contributed by atoms with van der Waals surface area (Å²) >= 11 is 8.76. The summed E-state index contributed by atoms with van der Waals surface area (Å²) in [6, 6.07) is 13.2. The first-order valence-corrected chi connectivity index (χ1v) is 8.53. The van der Waals surface area contributed by atoms with Crippen LogP contribution in [0.15, 0.2) is 52.0 Å². The van der Waals surface area contributed by atoms with Crippen LogP contribution in [0.4, 0.5) is 0 Å². The van der Waals surface area contributed by atoms with Gasteiger partial charge in [-0.25, -0.2) is 5.10 Å². The number of halogens is 1. The first-order valence-electron chi connectivity index (χ1n) is 7.32. The van der Waals surface area contributed by atoms with Gasteiger partial charge in [-0.2, -0.15) is 14.9 Å². The lowest BCUT2D eigenvalue weighted by atomic mass is 10.2. The molecule has 2 aromatic carbocycles. The van der Waals surface area contributed by atoms with Crippen molar-refractivity contribution in [3.8, 4) is 22.9 Å². The van der Waals surface area contributed by atoms with Gasteiger partial charge in [0, 0.05) is 0 Å². The molecule has 6 nitrogen and oxygen atoms in total. The van der Waals surface area contributed by atoms with Crippen LogP contribution in [0.2, 0.25) is 0 Å². The van der Waals surface area contributed by atoms with Crippen molar-refractivity contribution in [3.05, 3.63) is 57.3 Å². The van der Waals surface area contributed by atoms with E-state index in [9.17, 15) is 0 Å². The largest absolute Gasteiger partial charge is 0.496 e. The van der Waals surface area contributed by atoms with Crippen LogP contribution < -0.4 is 9.47 Å². The zero-order valence-electron chi connectivity index (χ0n) is 13.6. The van der Waals surface area contributed by atoms with Crippen molar-refractivity contribution in [2.45, 2.75) is 0 Å². The second-order valence-electron chi connectivity index (χ2n) is 5.00. The summed E-state index contributed by atoms with van der Waals surface area (Å²) in [5.41, 5.74) is 1.69. The number of methoxy groups -OCH3 is 2. The van der Waals surface area contributed by atoms with Crippen molar-refractivity contribution in [2.24, 2.45) is 5.10 Å². The lowest BCUT2D eigenvalue weighted by Crippen LogP contribution is -1.97. The molecule has 0 atom stereocenters. The molecule has 25 heavy (non-hydrogen) atoms. The van der Waals surface area contributed by atoms with E-state index in [4.69, 9.17) is 21.7 Å². The summed E-state index contributed by atoms with van der Waals surface area (Å²) in [5.74, 6) is 2.03. The number of H-pyrrole nitrogens is 1. The molecule has 0 radical (unpaired) electrons. The third-order valence-corrected chi connectivity index (χ3v) is 4.38. The summed E-state index contributed by atoms with van der Waals surface area (Å²) in [4.78, 5) is 0. The predicted octanol–water partition coefficient (Wildman–Crippen LogP) is 4.27. The van der Waals surface area contributed by atoms with Gasteiger partial charge < -0.3 is 9.47 Å². The maximum atomic E-state index is 5.39. The molecule has 0 spiro atoms. The van der Waals surface area contributed by atoms with Crippen molar-refractivity contribution in [1.29, 1.82) is 0 Å². The highest BCUT2D eigenvalue weighted by Crippen LogP contribution is 2.28. The molecule has 3 aromatic rings. The normalized spacial score (nSPS) is 11.0. The third-order valence-electron chi connectivity index (χ3n) is 3.50. The smallest absolute Gasteiger partial charge is 0.216 e. The second-order valence-corrected chi connectivity index (χ2v) is 6.24. The van der Waals surface area contributed by atoms with Crippen LogP contribution >= 0.6 is 28.1 Å². The van der Waals surface area contributed by atoms with E-state index in [0.717, 1.165) is 21.3 Å². The molecule has 128 valence electrons. The fraction of sp³-hybridized carbons (Fsp3) is 0.118. The molecule has 0 aliphatic rings. The van der Waals surface area contributed by atoms with E-state index in [2.05, 4.69) is 31.2 Å². The molecule has 1 aromatic heterocycles. The van der Waals surface area contributed by atoms with E-state index in [1.54, 1.807) is 25.1 Å². The molecule has 0 unspecified atom stereocenters. The number of aromatic nitrogens is 3. The summed E-state index contributed by atoms with van der Waals surface area (Å²) in [6.45, 7) is 0. The van der Waals surface area contributed by atoms with E-state index in [0.29, 0.717) is 16.3 Å². The van der Waals surface area contributed by atoms with Crippen molar-refractivity contribution in [2.75, 3.05) is 14.2 Å². The number of nitrogens with zero attached hydrogens (tertiary/aromatic N) is 3. The summed E-state index contributed by atoms with van der Waals surface area (Å²) in [5, 5.41) is 11.5. The quantitative estimate of drug-likeness (QED) is 0.496. The molecular formula is C17H15BrN4O2S. The molecular weight excluding hydrogens is 404 g/mol. The van der Waals surface area contributed by atoms with Crippen molar-refractivity contribution in [1.82, 2.24) is 14.9 Å². The van der Waals surface area contributed by atoms with Gasteiger partial charge >= 0.3 is 0 Å². The number of rotatable bonds is 5. The number of benzene rings is 2. The van der Waals surface area contributed by atoms with Crippen LogP contribution in [0.3, 0.4) is 0 Å². The molecule has 8 heteroatoms. The van der Waals surface area contributed by atoms with Crippen LogP contribution in [0.5, 0.6) is 11.5 Å². The molecule has 0 aliphatic carbocycles. The van der Waals surface area contributed by atoms with Gasteiger partial charge in [0.05, 0.1) is 30.5 Å². The molecule has 0 saturated carbocycles. The van der Waals surface area contributed by atoms with Gasteiger partial charge in [0.25, 0.3) is 0 Å². The zero-order chi connectivity index (χ0) is 17.8. The van der Waals surface area contributed by atoms with Crippen LogP contribution in [0.25, 0.3) is 11.4 Å². The highest BCUT2D eigenvalue weighted by Gasteiger charge is 2.12. The number of ether oxygens (including phenoxy) is 2. The van der Waals surface area contributed by atoms with E-state index in [1.807, 2.05) is 42.5 Å². The lowest BCUT2D eigenvalue weighted by molar-refractivity contribution is 0.412. The van der Waals surface area contributed by atoms with Crippen LogP contribution in [-0.2, 0) is 0 Å². The molecule has 0 bridgehead atoms. The molecule has 0 saturated heterocycles. The topological polar surface area (TPSA) is 64.4 Å². The van der Waals surface area contributed by atoms with Crippen LogP contribution in [0, 0.1) is 4.77 Å². The van der Waals surface area contributed by atoms with Gasteiger partial charge in [0.15, 0.2) is 5.82 Å². The standard InChI is InChI=1S/C17H15BrN4O2S/c1-23-14-6-4-3-5-12(14)16-20-21-17(25)22(16)19-10-11-7-8-15(24-2)13(18)9-11/h3-10H,1-2H3,(H,21,25)/b19-10-. The molecule has 3 rings (SSSR count). The number of aromatic amines is 1. The molecule has 0 amide bonds. The fourth-order valence-electron chi connectivity index (χ4n) is 2.29. The van der Waals surface area contributed by atoms with Gasteiger partial charge in [0.2, 0.25) is 4.77 Å². The van der Waals surface area contributed by atoms with Gasteiger partial charge in [0.1, 0.15) is 11.5 Å². The average molecular weight is 419 g/mol. The summed E-state index contributed by atoms with van der Waals surface area (Å²) in [6.07, 6.45) is 1.70. The monoisotopic (exact) mass is 418 g/mol. The maximum absolute atomic E-state index is 5.39. The van der Waals surface area contributed by atoms with Gasteiger partial charge in [-0.3, -0.25) is 0 Å². The highest BCUT2D eigenvalue weighted by molar-refractivity contribution is 9.10. The van der Waals surface area contributed by atoms with E-state index in [1.165, 1.54) is 0 Å². The van der Waals surface area contributed by atoms with E-state index < -0.39 is 0 Å². The highest BCUT2D eigenvalue weighted by atomic mass is 79.9. The zero-order valence-corrected chi connectivity index (χ0v) is 16.0. The van der Waals surface area contributed by atoms with Crippen molar-refractivity contribution in [3.63, 3.8) is 0 Å². The Balaban J connectivity index is 2.00. The lowest BCUT2D eigenvalue weighted by Gasteiger charge is -2.07.